The molecule has 0 atom stereocenters. The fourth-order valence-electron chi connectivity index (χ4n) is 1.69. The van der Waals surface area contributed by atoms with Crippen LogP contribution in [0.15, 0.2) is 29.2 Å². The van der Waals surface area contributed by atoms with Crippen LogP contribution >= 0.6 is 19.9 Å². The summed E-state index contributed by atoms with van der Waals surface area (Å²) in [5, 5.41) is 9.15. The summed E-state index contributed by atoms with van der Waals surface area (Å²) in [7, 11) is 5.51. The van der Waals surface area contributed by atoms with Gasteiger partial charge in [-0.2, -0.15) is 0 Å². The summed E-state index contributed by atoms with van der Waals surface area (Å²) in [5.74, 6) is 2.60. The molecule has 0 bridgehead atoms. The first kappa shape index (κ1) is 9.22. The van der Waals surface area contributed by atoms with Crippen molar-refractivity contribution in [3.8, 4) is 5.75 Å². The smallest absolute Gasteiger partial charge is 0.115 e. The van der Waals surface area contributed by atoms with Crippen LogP contribution in [0.25, 0.3) is 0 Å². The highest BCUT2D eigenvalue weighted by molar-refractivity contribution is 8.51. The Kier molecular flexibility index (Phi) is 2.43. The van der Waals surface area contributed by atoms with Crippen LogP contribution in [0.1, 0.15) is 12.8 Å². The SMILES string of the molecule is Oc1ccc(S2(Cl)CCCC2)cc1. The second kappa shape index (κ2) is 3.43. The Morgan fingerprint density at radius 2 is 1.62 bits per heavy atom. The number of halogens is 1. The highest BCUT2D eigenvalue weighted by atomic mass is 35.7. The zero-order chi connectivity index (χ0) is 9.31. The molecule has 0 spiro atoms. The van der Waals surface area contributed by atoms with E-state index in [0.29, 0.717) is 5.75 Å². The number of hydrogen-bond acceptors (Lipinski definition) is 1. The van der Waals surface area contributed by atoms with E-state index in [0.717, 1.165) is 11.5 Å². The molecule has 13 heavy (non-hydrogen) atoms. The predicted octanol–water partition coefficient (Wildman–Crippen LogP) is 3.50. The van der Waals surface area contributed by atoms with Gasteiger partial charge in [-0.1, -0.05) is 10.7 Å². The first-order chi connectivity index (χ1) is 6.21. The Morgan fingerprint density at radius 3 is 2.15 bits per heavy atom. The van der Waals surface area contributed by atoms with E-state index in [1.165, 1.54) is 17.7 Å². The van der Waals surface area contributed by atoms with Crippen molar-refractivity contribution in [2.75, 3.05) is 11.5 Å². The van der Waals surface area contributed by atoms with Gasteiger partial charge in [0.2, 0.25) is 0 Å². The van der Waals surface area contributed by atoms with E-state index in [2.05, 4.69) is 0 Å². The van der Waals surface area contributed by atoms with E-state index in [-0.39, 0.29) is 0 Å². The monoisotopic (exact) mass is 216 g/mol. The molecule has 0 radical (unpaired) electrons. The average Bonchev–Trinajstić information content (AvgIpc) is 2.54. The lowest BCUT2D eigenvalue weighted by atomic mass is 10.3. The van der Waals surface area contributed by atoms with Crippen molar-refractivity contribution in [1.29, 1.82) is 0 Å². The number of hydrogen-bond donors (Lipinski definition) is 1. The van der Waals surface area contributed by atoms with Crippen LogP contribution in [0.2, 0.25) is 0 Å². The minimum absolute atomic E-state index is 0.321. The summed E-state index contributed by atoms with van der Waals surface area (Å²) in [6.07, 6.45) is 2.50. The van der Waals surface area contributed by atoms with Gasteiger partial charge in [-0.3, -0.25) is 0 Å². The molecule has 72 valence electrons. The van der Waals surface area contributed by atoms with Gasteiger partial charge in [-0.05, 0) is 48.6 Å². The summed E-state index contributed by atoms with van der Waals surface area (Å²) < 4.78 is 0. The summed E-state index contributed by atoms with van der Waals surface area (Å²) >= 11 is 0. The van der Waals surface area contributed by atoms with Crippen LogP contribution in [0.3, 0.4) is 0 Å². The van der Waals surface area contributed by atoms with Gasteiger partial charge in [0, 0.05) is 4.90 Å². The highest BCUT2D eigenvalue weighted by Crippen LogP contribution is 2.64. The van der Waals surface area contributed by atoms with Crippen molar-refractivity contribution < 1.29 is 5.11 Å². The molecule has 1 heterocycles. The normalized spacial score (nSPS) is 22.8. The van der Waals surface area contributed by atoms with Gasteiger partial charge in [0.25, 0.3) is 0 Å². The van der Waals surface area contributed by atoms with Gasteiger partial charge in [-0.15, -0.1) is 9.24 Å². The van der Waals surface area contributed by atoms with Crippen LogP contribution in [0, 0.1) is 0 Å². The maximum absolute atomic E-state index is 9.15. The third-order valence-corrected chi connectivity index (χ3v) is 6.89. The molecule has 0 amide bonds. The molecule has 0 aliphatic carbocycles. The van der Waals surface area contributed by atoms with Crippen LogP contribution in [-0.4, -0.2) is 16.6 Å². The molecule has 3 heteroatoms. The minimum Gasteiger partial charge on any atom is -0.508 e. The van der Waals surface area contributed by atoms with Gasteiger partial charge >= 0.3 is 0 Å². The van der Waals surface area contributed by atoms with Gasteiger partial charge in [-0.25, -0.2) is 0 Å². The van der Waals surface area contributed by atoms with Gasteiger partial charge < -0.3 is 5.11 Å². The van der Waals surface area contributed by atoms with Crippen molar-refractivity contribution in [2.24, 2.45) is 0 Å². The number of aromatic hydroxyl groups is 1. The number of rotatable bonds is 1. The molecule has 1 aromatic rings. The first-order valence-corrected chi connectivity index (χ1v) is 7.28. The Balaban J connectivity index is 2.29. The largest absolute Gasteiger partial charge is 0.508 e. The third kappa shape index (κ3) is 1.79. The summed E-state index contributed by atoms with van der Waals surface area (Å²) in [6.45, 7) is 0. The zero-order valence-electron chi connectivity index (χ0n) is 7.37. The fraction of sp³-hybridized carbons (Fsp3) is 0.400. The summed E-state index contributed by atoms with van der Waals surface area (Å²) in [5.41, 5.74) is 0. The second-order valence-electron chi connectivity index (χ2n) is 3.40. The Bertz CT molecular complexity index is 290. The van der Waals surface area contributed by atoms with Crippen molar-refractivity contribution in [2.45, 2.75) is 17.7 Å². The lowest BCUT2D eigenvalue weighted by Gasteiger charge is -2.27. The van der Waals surface area contributed by atoms with Gasteiger partial charge in [0.15, 0.2) is 0 Å². The maximum atomic E-state index is 9.15. The Labute approximate surface area is 84.5 Å². The quantitative estimate of drug-likeness (QED) is 0.762. The van der Waals surface area contributed by atoms with Crippen molar-refractivity contribution in [1.82, 2.24) is 0 Å². The third-order valence-electron chi connectivity index (χ3n) is 2.44. The average molecular weight is 217 g/mol. The molecule has 1 fully saturated rings. The molecule has 0 saturated carbocycles. The van der Waals surface area contributed by atoms with Crippen molar-refractivity contribution in [3.05, 3.63) is 24.3 Å². The highest BCUT2D eigenvalue weighted by Gasteiger charge is 2.27. The van der Waals surface area contributed by atoms with E-state index in [9.17, 15) is 0 Å². The summed E-state index contributed by atoms with van der Waals surface area (Å²) in [4.78, 5) is 1.23. The number of phenolic OH excluding ortho intramolecular Hbond substituents is 1. The van der Waals surface area contributed by atoms with Crippen LogP contribution in [0.5, 0.6) is 5.75 Å². The van der Waals surface area contributed by atoms with E-state index in [4.69, 9.17) is 15.8 Å². The molecule has 0 unspecified atom stereocenters. The maximum Gasteiger partial charge on any atom is 0.115 e. The summed E-state index contributed by atoms with van der Waals surface area (Å²) in [6, 6.07) is 7.38. The van der Waals surface area contributed by atoms with E-state index in [1.54, 1.807) is 12.1 Å². The fourth-order valence-corrected chi connectivity index (χ4v) is 5.28. The molecule has 1 aromatic carbocycles. The topological polar surface area (TPSA) is 20.2 Å². The minimum atomic E-state index is -1.04. The first-order valence-electron chi connectivity index (χ1n) is 4.48. The molecule has 0 aromatic heterocycles. The van der Waals surface area contributed by atoms with Gasteiger partial charge in [0.05, 0.1) is 0 Å². The zero-order valence-corrected chi connectivity index (χ0v) is 8.94. The molecular formula is C10H13ClOS. The Morgan fingerprint density at radius 1 is 1.08 bits per heavy atom. The Hall–Kier alpha value is -0.340. The molecular weight excluding hydrogens is 204 g/mol. The van der Waals surface area contributed by atoms with E-state index in [1.807, 2.05) is 12.1 Å². The van der Waals surface area contributed by atoms with Crippen molar-refractivity contribution >= 4 is 19.9 Å². The lowest BCUT2D eigenvalue weighted by Crippen LogP contribution is -1.93. The molecule has 1 aliphatic rings. The van der Waals surface area contributed by atoms with E-state index >= 15 is 0 Å². The number of benzene rings is 1. The van der Waals surface area contributed by atoms with Crippen LogP contribution in [0.4, 0.5) is 0 Å². The number of phenols is 1. The second-order valence-corrected chi connectivity index (χ2v) is 8.03. The lowest BCUT2D eigenvalue weighted by molar-refractivity contribution is 0.475. The van der Waals surface area contributed by atoms with Gasteiger partial charge in [0.1, 0.15) is 5.75 Å². The standard InChI is InChI=1S/C10H13ClOS/c11-13(7-1-2-8-13)10-5-3-9(12)4-6-10/h3-6,12H,1-2,7-8H2. The van der Waals surface area contributed by atoms with Crippen LogP contribution in [-0.2, 0) is 0 Å². The van der Waals surface area contributed by atoms with Crippen molar-refractivity contribution in [3.63, 3.8) is 0 Å². The predicted molar refractivity (Wildman–Crippen MR) is 58.8 cm³/mol. The molecule has 1 N–H and O–H groups in total. The molecule has 1 aliphatic heterocycles. The molecule has 1 saturated heterocycles. The molecule has 2 rings (SSSR count). The van der Waals surface area contributed by atoms with E-state index < -0.39 is 9.24 Å². The molecule has 1 nitrogen and oxygen atoms in total. The van der Waals surface area contributed by atoms with Crippen LogP contribution < -0.4 is 0 Å².